The summed E-state index contributed by atoms with van der Waals surface area (Å²) in [5.41, 5.74) is 4.19. The van der Waals surface area contributed by atoms with Gasteiger partial charge in [0.05, 0.1) is 17.8 Å². The molecule has 3 heterocycles. The molecule has 30 heavy (non-hydrogen) atoms. The third kappa shape index (κ3) is 3.51. The van der Waals surface area contributed by atoms with Gasteiger partial charge in [-0.2, -0.15) is 0 Å². The van der Waals surface area contributed by atoms with E-state index in [0.717, 1.165) is 62.1 Å². The third-order valence-electron chi connectivity index (χ3n) is 6.74. The van der Waals surface area contributed by atoms with Crippen LogP contribution in [0.25, 0.3) is 0 Å². The lowest BCUT2D eigenvalue weighted by Gasteiger charge is -2.45. The molecule has 0 bridgehead atoms. The van der Waals surface area contributed by atoms with Gasteiger partial charge in [0.1, 0.15) is 0 Å². The monoisotopic (exact) mass is 407 g/mol. The van der Waals surface area contributed by atoms with Gasteiger partial charge in [0.25, 0.3) is 0 Å². The minimum Gasteiger partial charge on any atom is -0.381 e. The first kappa shape index (κ1) is 19.3. The topological polar surface area (TPSA) is 79.4 Å². The van der Waals surface area contributed by atoms with Crippen molar-refractivity contribution in [3.8, 4) is 0 Å². The molecule has 1 aliphatic carbocycles. The molecule has 5 rings (SSSR count). The number of aromatic nitrogens is 2. The van der Waals surface area contributed by atoms with Crippen LogP contribution < -0.4 is 10.6 Å². The number of aryl methyl sites for hydroxylation is 1. The first-order valence-corrected chi connectivity index (χ1v) is 11.0. The average molecular weight is 408 g/mol. The first-order valence-electron chi connectivity index (χ1n) is 11.0. The number of carbonyl (C=O) groups is 1. The highest BCUT2D eigenvalue weighted by Crippen LogP contribution is 2.51. The van der Waals surface area contributed by atoms with Gasteiger partial charge in [0.15, 0.2) is 0 Å². The summed E-state index contributed by atoms with van der Waals surface area (Å²) in [5.74, 6) is 0.664. The van der Waals surface area contributed by atoms with Crippen LogP contribution in [0.2, 0.25) is 0 Å². The van der Waals surface area contributed by atoms with E-state index in [4.69, 9.17) is 9.72 Å². The second-order valence-corrected chi connectivity index (χ2v) is 8.70. The zero-order chi connectivity index (χ0) is 20.6. The number of ether oxygens (including phenoxy) is 1. The fourth-order valence-electron chi connectivity index (χ4n) is 4.76. The largest absolute Gasteiger partial charge is 0.381 e. The number of hydrogen-bond donors (Lipinski definition) is 2. The highest BCUT2D eigenvalue weighted by Gasteiger charge is 2.52. The fraction of sp³-hybridized carbons (Fsp3) is 0.522. The number of hydrogen-bond acceptors (Lipinski definition) is 5. The average Bonchev–Trinajstić information content (AvgIpc) is 3.09. The van der Waals surface area contributed by atoms with Crippen molar-refractivity contribution in [3.63, 3.8) is 0 Å². The predicted molar refractivity (Wildman–Crippen MR) is 114 cm³/mol. The lowest BCUT2D eigenvalue weighted by Crippen LogP contribution is -2.52. The number of anilines is 1. The van der Waals surface area contributed by atoms with Gasteiger partial charge in [-0.1, -0.05) is 29.8 Å². The maximum Gasteiger partial charge on any atom is 0.318 e. The smallest absolute Gasteiger partial charge is 0.318 e. The Bertz CT molecular complexity index is 920. The lowest BCUT2D eigenvalue weighted by atomic mass is 9.73. The number of urea groups is 1. The number of nitrogens with one attached hydrogen (secondary N) is 2. The Morgan fingerprint density at radius 3 is 2.70 bits per heavy atom. The van der Waals surface area contributed by atoms with Crippen molar-refractivity contribution in [1.82, 2.24) is 20.2 Å². The summed E-state index contributed by atoms with van der Waals surface area (Å²) in [7, 11) is 0. The molecular formula is C23H29N5O2. The Balaban J connectivity index is 1.29. The molecule has 2 N–H and O–H groups in total. The van der Waals surface area contributed by atoms with Crippen molar-refractivity contribution >= 4 is 12.0 Å². The van der Waals surface area contributed by atoms with E-state index >= 15 is 0 Å². The lowest BCUT2D eigenvalue weighted by molar-refractivity contribution is 0.0557. The molecule has 1 aromatic heterocycles. The molecule has 1 saturated carbocycles. The summed E-state index contributed by atoms with van der Waals surface area (Å²) < 4.78 is 5.43. The van der Waals surface area contributed by atoms with Crippen LogP contribution in [0.4, 0.5) is 10.7 Å². The summed E-state index contributed by atoms with van der Waals surface area (Å²) in [4.78, 5) is 24.5. The van der Waals surface area contributed by atoms with Crippen LogP contribution in [-0.2, 0) is 23.4 Å². The van der Waals surface area contributed by atoms with Gasteiger partial charge >= 0.3 is 6.03 Å². The van der Waals surface area contributed by atoms with Crippen molar-refractivity contribution in [2.45, 2.75) is 63.7 Å². The van der Waals surface area contributed by atoms with Crippen LogP contribution >= 0.6 is 0 Å². The molecule has 2 aromatic rings. The minimum absolute atomic E-state index is 0.0211. The Kier molecular flexibility index (Phi) is 5.06. The molecule has 0 radical (unpaired) electrons. The number of amides is 2. The predicted octanol–water partition coefficient (Wildman–Crippen LogP) is 3.48. The van der Waals surface area contributed by atoms with E-state index in [-0.39, 0.29) is 11.6 Å². The van der Waals surface area contributed by atoms with Crippen LogP contribution in [0.5, 0.6) is 0 Å². The molecule has 1 aromatic carbocycles. The quantitative estimate of drug-likeness (QED) is 0.811. The molecule has 1 saturated heterocycles. The van der Waals surface area contributed by atoms with Gasteiger partial charge in [-0.05, 0) is 44.6 Å². The molecule has 7 nitrogen and oxygen atoms in total. The van der Waals surface area contributed by atoms with E-state index in [1.807, 2.05) is 11.1 Å². The molecule has 0 unspecified atom stereocenters. The number of rotatable bonds is 4. The van der Waals surface area contributed by atoms with Crippen molar-refractivity contribution in [2.24, 2.45) is 0 Å². The van der Waals surface area contributed by atoms with Crippen molar-refractivity contribution in [1.29, 1.82) is 0 Å². The van der Waals surface area contributed by atoms with Crippen LogP contribution in [0, 0.1) is 6.92 Å². The third-order valence-corrected chi connectivity index (χ3v) is 6.74. The standard InChI is InChI=1S/C23H29N5O2/c1-16-3-5-17(6-4-16)13-25-22(29)28-15-20-19(23(28)9-2-10-23)14-24-21(27-20)26-18-7-11-30-12-8-18/h3-6,14,18H,2,7-13,15H2,1H3,(H,25,29)(H,24,26,27). The zero-order valence-corrected chi connectivity index (χ0v) is 17.5. The van der Waals surface area contributed by atoms with Gasteiger partial charge < -0.3 is 20.3 Å². The van der Waals surface area contributed by atoms with E-state index in [1.165, 1.54) is 5.56 Å². The Morgan fingerprint density at radius 2 is 2.00 bits per heavy atom. The summed E-state index contributed by atoms with van der Waals surface area (Å²) in [6.07, 6.45) is 6.97. The number of carbonyl (C=O) groups excluding carboxylic acids is 1. The summed E-state index contributed by atoms with van der Waals surface area (Å²) in [6, 6.07) is 8.60. The van der Waals surface area contributed by atoms with Crippen molar-refractivity contribution in [3.05, 3.63) is 52.8 Å². The van der Waals surface area contributed by atoms with E-state index in [2.05, 4.69) is 46.8 Å². The second kappa shape index (κ2) is 7.87. The van der Waals surface area contributed by atoms with Crippen molar-refractivity contribution in [2.75, 3.05) is 18.5 Å². The molecule has 0 atom stereocenters. The first-order chi connectivity index (χ1) is 14.6. The molecule has 3 aliphatic rings. The van der Waals surface area contributed by atoms with E-state index in [1.54, 1.807) is 0 Å². The van der Waals surface area contributed by atoms with Gasteiger partial charge in [-0.25, -0.2) is 14.8 Å². The van der Waals surface area contributed by atoms with Crippen LogP contribution in [-0.4, -0.2) is 40.2 Å². The molecule has 158 valence electrons. The van der Waals surface area contributed by atoms with Gasteiger partial charge in [-0.3, -0.25) is 0 Å². The summed E-state index contributed by atoms with van der Waals surface area (Å²) >= 11 is 0. The highest BCUT2D eigenvalue weighted by atomic mass is 16.5. The Morgan fingerprint density at radius 1 is 1.23 bits per heavy atom. The van der Waals surface area contributed by atoms with Gasteiger partial charge in [-0.15, -0.1) is 0 Å². The molecule has 7 heteroatoms. The number of benzene rings is 1. The molecular weight excluding hydrogens is 378 g/mol. The minimum atomic E-state index is -0.232. The van der Waals surface area contributed by atoms with E-state index in [9.17, 15) is 4.79 Å². The normalized spacial score (nSPS) is 20.0. The molecule has 2 fully saturated rings. The molecule has 2 aliphatic heterocycles. The summed E-state index contributed by atoms with van der Waals surface area (Å²) in [6.45, 7) is 4.70. The number of nitrogens with zero attached hydrogens (tertiary/aromatic N) is 3. The second-order valence-electron chi connectivity index (χ2n) is 8.70. The van der Waals surface area contributed by atoms with Crippen molar-refractivity contribution < 1.29 is 9.53 Å². The number of fused-ring (bicyclic) bond motifs is 2. The van der Waals surface area contributed by atoms with Crippen LogP contribution in [0.15, 0.2) is 30.5 Å². The Hall–Kier alpha value is -2.67. The molecule has 1 spiro atoms. The van der Waals surface area contributed by atoms with E-state index < -0.39 is 0 Å². The maximum atomic E-state index is 13.1. The molecule has 2 amide bonds. The Labute approximate surface area is 177 Å². The van der Waals surface area contributed by atoms with E-state index in [0.29, 0.717) is 25.1 Å². The SMILES string of the molecule is Cc1ccc(CNC(=O)N2Cc3nc(NC4CCOCC4)ncc3C23CCC3)cc1. The van der Waals surface area contributed by atoms with Crippen LogP contribution in [0.3, 0.4) is 0 Å². The zero-order valence-electron chi connectivity index (χ0n) is 17.5. The maximum absolute atomic E-state index is 13.1. The van der Waals surface area contributed by atoms with Gasteiger partial charge in [0.2, 0.25) is 5.95 Å². The highest BCUT2D eigenvalue weighted by molar-refractivity contribution is 5.76. The van der Waals surface area contributed by atoms with Gasteiger partial charge in [0, 0.05) is 37.6 Å². The summed E-state index contributed by atoms with van der Waals surface area (Å²) in [5, 5.41) is 6.56. The fourth-order valence-corrected chi connectivity index (χ4v) is 4.76. The van der Waals surface area contributed by atoms with Crippen LogP contribution in [0.1, 0.15) is 54.5 Å².